The Kier molecular flexibility index (Phi) is 4.10. The quantitative estimate of drug-likeness (QED) is 0.612. The van der Waals surface area contributed by atoms with E-state index in [-0.39, 0.29) is 17.1 Å². The number of benzene rings is 1. The van der Waals surface area contributed by atoms with E-state index in [2.05, 4.69) is 0 Å². The van der Waals surface area contributed by atoms with Crippen LogP contribution < -0.4 is 10.5 Å². The summed E-state index contributed by atoms with van der Waals surface area (Å²) in [6.07, 6.45) is 0.652. The van der Waals surface area contributed by atoms with E-state index in [1.165, 1.54) is 6.07 Å². The first-order chi connectivity index (χ1) is 7.83. The Morgan fingerprint density at radius 2 is 2.12 bits per heavy atom. The van der Waals surface area contributed by atoms with Crippen molar-refractivity contribution in [3.05, 3.63) is 29.6 Å². The molecule has 0 spiro atoms. The number of ether oxygens (including phenoxy) is 1. The Morgan fingerprint density at radius 1 is 1.47 bits per heavy atom. The molecule has 0 aromatic heterocycles. The van der Waals surface area contributed by atoms with Crippen LogP contribution in [0.15, 0.2) is 18.2 Å². The largest absolute Gasteiger partial charge is 0.494 e. The van der Waals surface area contributed by atoms with Gasteiger partial charge in [0.1, 0.15) is 11.6 Å². The van der Waals surface area contributed by atoms with Crippen molar-refractivity contribution >= 4 is 5.84 Å². The second-order valence-electron chi connectivity index (χ2n) is 4.81. The van der Waals surface area contributed by atoms with Crippen molar-refractivity contribution < 1.29 is 9.13 Å². The summed E-state index contributed by atoms with van der Waals surface area (Å²) in [6, 6.07) is 4.65. The fourth-order valence-corrected chi connectivity index (χ4v) is 1.27. The monoisotopic (exact) mass is 238 g/mol. The summed E-state index contributed by atoms with van der Waals surface area (Å²) in [4.78, 5) is 0. The van der Waals surface area contributed by atoms with E-state index < -0.39 is 0 Å². The van der Waals surface area contributed by atoms with E-state index in [1.54, 1.807) is 19.1 Å². The molecule has 1 rings (SSSR count). The maximum absolute atomic E-state index is 13.0. The van der Waals surface area contributed by atoms with Crippen LogP contribution in [0.2, 0.25) is 0 Å². The van der Waals surface area contributed by atoms with Crippen LogP contribution in [0.5, 0.6) is 5.75 Å². The van der Waals surface area contributed by atoms with Crippen molar-refractivity contribution in [1.82, 2.24) is 0 Å². The molecule has 4 heteroatoms. The number of rotatable bonds is 5. The van der Waals surface area contributed by atoms with Gasteiger partial charge in [0.2, 0.25) is 0 Å². The maximum atomic E-state index is 13.0. The second-order valence-corrected chi connectivity index (χ2v) is 4.81. The Labute approximate surface area is 101 Å². The molecule has 0 aliphatic carbocycles. The molecule has 0 radical (unpaired) electrons. The second kappa shape index (κ2) is 5.17. The van der Waals surface area contributed by atoms with E-state index in [0.717, 1.165) is 0 Å². The van der Waals surface area contributed by atoms with Gasteiger partial charge in [0.25, 0.3) is 0 Å². The number of hydrogen-bond acceptors (Lipinski definition) is 2. The third-order valence-corrected chi connectivity index (χ3v) is 2.85. The minimum absolute atomic E-state index is 0.149. The van der Waals surface area contributed by atoms with Gasteiger partial charge in [-0.25, -0.2) is 4.39 Å². The summed E-state index contributed by atoms with van der Waals surface area (Å²) in [5.41, 5.74) is 5.67. The number of aryl methyl sites for hydroxylation is 1. The van der Waals surface area contributed by atoms with Crippen LogP contribution in [0.3, 0.4) is 0 Å². The van der Waals surface area contributed by atoms with Crippen molar-refractivity contribution in [1.29, 1.82) is 5.41 Å². The average molecular weight is 238 g/mol. The van der Waals surface area contributed by atoms with Gasteiger partial charge in [0, 0.05) is 5.41 Å². The van der Waals surface area contributed by atoms with Gasteiger partial charge in [-0.05, 0) is 37.1 Å². The van der Waals surface area contributed by atoms with E-state index in [4.69, 9.17) is 15.9 Å². The number of hydrogen-bond donors (Lipinski definition) is 2. The first-order valence-corrected chi connectivity index (χ1v) is 5.56. The van der Waals surface area contributed by atoms with E-state index >= 15 is 0 Å². The molecule has 0 saturated heterocycles. The summed E-state index contributed by atoms with van der Waals surface area (Å²) in [7, 11) is 0. The molecular weight excluding hydrogens is 219 g/mol. The predicted octanol–water partition coefficient (Wildman–Crippen LogP) is 2.87. The Morgan fingerprint density at radius 3 is 2.65 bits per heavy atom. The number of halogens is 1. The summed E-state index contributed by atoms with van der Waals surface area (Å²) >= 11 is 0. The van der Waals surface area contributed by atoms with Gasteiger partial charge in [-0.15, -0.1) is 0 Å². The van der Waals surface area contributed by atoms with Crippen LogP contribution in [-0.2, 0) is 0 Å². The minimum atomic E-state index is -0.366. The zero-order valence-corrected chi connectivity index (χ0v) is 10.5. The zero-order valence-electron chi connectivity index (χ0n) is 10.5. The SMILES string of the molecule is Cc1cc(OCCC(C)(C)C(=N)N)ccc1F. The van der Waals surface area contributed by atoms with Gasteiger partial charge in [-0.2, -0.15) is 0 Å². The molecule has 0 bridgehead atoms. The molecular formula is C13H19FN2O. The molecule has 94 valence electrons. The fourth-order valence-electron chi connectivity index (χ4n) is 1.27. The highest BCUT2D eigenvalue weighted by atomic mass is 19.1. The Hall–Kier alpha value is -1.58. The first kappa shape index (κ1) is 13.5. The van der Waals surface area contributed by atoms with E-state index in [0.29, 0.717) is 24.3 Å². The van der Waals surface area contributed by atoms with Crippen LogP contribution >= 0.6 is 0 Å². The predicted molar refractivity (Wildman–Crippen MR) is 66.9 cm³/mol. The normalized spacial score (nSPS) is 11.3. The van der Waals surface area contributed by atoms with Gasteiger partial charge in [0.15, 0.2) is 0 Å². The number of nitrogens with one attached hydrogen (secondary N) is 1. The lowest BCUT2D eigenvalue weighted by Gasteiger charge is -2.22. The number of nitrogens with two attached hydrogens (primary N) is 1. The molecule has 0 amide bonds. The number of amidine groups is 1. The summed E-state index contributed by atoms with van der Waals surface area (Å²) in [5, 5.41) is 7.42. The molecule has 0 aliphatic heterocycles. The van der Waals surface area contributed by atoms with Crippen molar-refractivity contribution in [2.45, 2.75) is 27.2 Å². The van der Waals surface area contributed by atoms with Crippen molar-refractivity contribution in [3.63, 3.8) is 0 Å². The third-order valence-electron chi connectivity index (χ3n) is 2.85. The van der Waals surface area contributed by atoms with Gasteiger partial charge in [-0.3, -0.25) is 5.41 Å². The van der Waals surface area contributed by atoms with Crippen LogP contribution in [-0.4, -0.2) is 12.4 Å². The molecule has 0 unspecified atom stereocenters. The highest BCUT2D eigenvalue weighted by Crippen LogP contribution is 2.21. The van der Waals surface area contributed by atoms with Crippen LogP contribution in [0.4, 0.5) is 4.39 Å². The molecule has 1 aromatic rings. The summed E-state index contributed by atoms with van der Waals surface area (Å²) in [5.74, 6) is 0.557. The lowest BCUT2D eigenvalue weighted by molar-refractivity contribution is 0.268. The smallest absolute Gasteiger partial charge is 0.126 e. The molecule has 17 heavy (non-hydrogen) atoms. The molecule has 0 fully saturated rings. The summed E-state index contributed by atoms with van der Waals surface area (Å²) in [6.45, 7) is 5.95. The molecule has 3 nitrogen and oxygen atoms in total. The van der Waals surface area contributed by atoms with Gasteiger partial charge >= 0.3 is 0 Å². The Balaban J connectivity index is 2.51. The molecule has 0 heterocycles. The highest BCUT2D eigenvalue weighted by molar-refractivity contribution is 5.82. The van der Waals surface area contributed by atoms with Gasteiger partial charge in [0.05, 0.1) is 12.4 Å². The average Bonchev–Trinajstić information content (AvgIpc) is 2.23. The van der Waals surface area contributed by atoms with Crippen molar-refractivity contribution in [2.75, 3.05) is 6.61 Å². The van der Waals surface area contributed by atoms with E-state index in [9.17, 15) is 4.39 Å². The van der Waals surface area contributed by atoms with Crippen LogP contribution in [0.1, 0.15) is 25.8 Å². The lowest BCUT2D eigenvalue weighted by Crippen LogP contribution is -2.32. The minimum Gasteiger partial charge on any atom is -0.494 e. The molecule has 1 aromatic carbocycles. The van der Waals surface area contributed by atoms with Crippen molar-refractivity contribution in [3.8, 4) is 5.75 Å². The van der Waals surface area contributed by atoms with E-state index in [1.807, 2.05) is 13.8 Å². The van der Waals surface area contributed by atoms with Crippen molar-refractivity contribution in [2.24, 2.45) is 11.1 Å². The van der Waals surface area contributed by atoms with Crippen LogP contribution in [0.25, 0.3) is 0 Å². The molecule has 0 aliphatic rings. The summed E-state index contributed by atoms with van der Waals surface area (Å²) < 4.78 is 18.5. The lowest BCUT2D eigenvalue weighted by atomic mass is 9.88. The fraction of sp³-hybridized carbons (Fsp3) is 0.462. The Bertz CT molecular complexity index is 416. The van der Waals surface area contributed by atoms with Gasteiger partial charge in [-0.1, -0.05) is 13.8 Å². The third kappa shape index (κ3) is 3.73. The molecule has 0 atom stereocenters. The first-order valence-electron chi connectivity index (χ1n) is 5.56. The molecule has 0 saturated carbocycles. The standard InChI is InChI=1S/C13H19FN2O/c1-9-8-10(4-5-11(9)14)17-7-6-13(2,3)12(15)16/h4-5,8H,6-7H2,1-3H3,(H3,15,16). The van der Waals surface area contributed by atoms with Crippen LogP contribution in [0, 0.1) is 23.6 Å². The maximum Gasteiger partial charge on any atom is 0.126 e. The van der Waals surface area contributed by atoms with Gasteiger partial charge < -0.3 is 10.5 Å². The highest BCUT2D eigenvalue weighted by Gasteiger charge is 2.21. The topological polar surface area (TPSA) is 59.1 Å². The molecule has 3 N–H and O–H groups in total. The zero-order chi connectivity index (χ0) is 13.1.